The highest BCUT2D eigenvalue weighted by Gasteiger charge is 2.46. The van der Waals surface area contributed by atoms with E-state index >= 15 is 0 Å². The van der Waals surface area contributed by atoms with Gasteiger partial charge in [-0.3, -0.25) is 14.5 Å². The SMILES string of the molecule is Cc1cccc(N2C(=O)C(=O)C(=C(O)c3ccccc3)[C@H]2c2ccc(N(C)C)cc2)c1. The van der Waals surface area contributed by atoms with Crippen LogP contribution in [0.4, 0.5) is 11.4 Å². The molecule has 1 atom stereocenters. The van der Waals surface area contributed by atoms with E-state index in [1.165, 1.54) is 4.90 Å². The maximum absolute atomic E-state index is 13.1. The van der Waals surface area contributed by atoms with Crippen LogP contribution in [0.1, 0.15) is 22.7 Å². The molecule has 156 valence electrons. The van der Waals surface area contributed by atoms with Crippen LogP contribution in [-0.2, 0) is 9.59 Å². The predicted octanol–water partition coefficient (Wildman–Crippen LogP) is 4.69. The Morgan fingerprint density at radius 2 is 1.58 bits per heavy atom. The molecule has 1 aliphatic rings. The van der Waals surface area contributed by atoms with Crippen LogP contribution in [0.15, 0.2) is 84.4 Å². The van der Waals surface area contributed by atoms with E-state index in [9.17, 15) is 14.7 Å². The van der Waals surface area contributed by atoms with Crippen molar-refractivity contribution in [1.29, 1.82) is 0 Å². The second-order valence-corrected chi connectivity index (χ2v) is 7.86. The van der Waals surface area contributed by atoms with E-state index in [1.54, 1.807) is 24.3 Å². The zero-order valence-electron chi connectivity index (χ0n) is 17.7. The van der Waals surface area contributed by atoms with Crippen molar-refractivity contribution < 1.29 is 14.7 Å². The van der Waals surface area contributed by atoms with Gasteiger partial charge in [0.15, 0.2) is 0 Å². The van der Waals surface area contributed by atoms with Gasteiger partial charge in [0.1, 0.15) is 5.76 Å². The van der Waals surface area contributed by atoms with Gasteiger partial charge in [0.2, 0.25) is 0 Å². The van der Waals surface area contributed by atoms with E-state index in [0.717, 1.165) is 16.8 Å². The van der Waals surface area contributed by atoms with Gasteiger partial charge < -0.3 is 10.0 Å². The van der Waals surface area contributed by atoms with Crippen molar-refractivity contribution in [1.82, 2.24) is 0 Å². The minimum absolute atomic E-state index is 0.0929. The summed E-state index contributed by atoms with van der Waals surface area (Å²) >= 11 is 0. The van der Waals surface area contributed by atoms with Gasteiger partial charge in [0.05, 0.1) is 11.6 Å². The normalized spacial score (nSPS) is 17.8. The first-order chi connectivity index (χ1) is 14.9. The zero-order chi connectivity index (χ0) is 22.1. The maximum atomic E-state index is 13.1. The molecule has 0 saturated carbocycles. The van der Waals surface area contributed by atoms with Crippen molar-refractivity contribution in [3.8, 4) is 0 Å². The average Bonchev–Trinajstić information content (AvgIpc) is 3.04. The lowest BCUT2D eigenvalue weighted by atomic mass is 9.95. The number of Topliss-reactive ketones (excluding diaryl/α,β-unsaturated/α-hetero) is 1. The van der Waals surface area contributed by atoms with Crippen LogP contribution in [0.5, 0.6) is 0 Å². The summed E-state index contributed by atoms with van der Waals surface area (Å²) in [5.74, 6) is -1.51. The van der Waals surface area contributed by atoms with Crippen LogP contribution >= 0.6 is 0 Å². The first kappa shape index (κ1) is 20.4. The largest absolute Gasteiger partial charge is 0.507 e. The molecule has 5 heteroatoms. The van der Waals surface area contributed by atoms with Crippen LogP contribution in [0.3, 0.4) is 0 Å². The van der Waals surface area contributed by atoms with E-state index in [-0.39, 0.29) is 11.3 Å². The number of benzene rings is 3. The zero-order valence-corrected chi connectivity index (χ0v) is 17.7. The summed E-state index contributed by atoms with van der Waals surface area (Å²) in [6, 6.07) is 23.3. The lowest BCUT2D eigenvalue weighted by molar-refractivity contribution is -0.132. The van der Waals surface area contributed by atoms with Gasteiger partial charge in [0, 0.05) is 31.0 Å². The summed E-state index contributed by atoms with van der Waals surface area (Å²) in [6.07, 6.45) is 0. The van der Waals surface area contributed by atoms with Crippen molar-refractivity contribution in [2.75, 3.05) is 23.9 Å². The molecule has 3 aromatic carbocycles. The Bertz CT molecular complexity index is 1160. The Labute approximate surface area is 181 Å². The monoisotopic (exact) mass is 412 g/mol. The van der Waals surface area contributed by atoms with Gasteiger partial charge in [-0.15, -0.1) is 0 Å². The Morgan fingerprint density at radius 3 is 2.19 bits per heavy atom. The molecule has 4 rings (SSSR count). The molecule has 0 unspecified atom stereocenters. The van der Waals surface area contributed by atoms with Gasteiger partial charge in [-0.25, -0.2) is 0 Å². The maximum Gasteiger partial charge on any atom is 0.300 e. The molecular formula is C26H24N2O3. The second-order valence-electron chi connectivity index (χ2n) is 7.86. The molecule has 1 fully saturated rings. The van der Waals surface area contributed by atoms with E-state index < -0.39 is 17.7 Å². The van der Waals surface area contributed by atoms with E-state index in [4.69, 9.17) is 0 Å². The number of aryl methyl sites for hydroxylation is 1. The molecule has 0 radical (unpaired) electrons. The number of hydrogen-bond donors (Lipinski definition) is 1. The summed E-state index contributed by atoms with van der Waals surface area (Å²) < 4.78 is 0. The number of carbonyl (C=O) groups excluding carboxylic acids is 2. The van der Waals surface area contributed by atoms with Crippen molar-refractivity contribution in [2.24, 2.45) is 0 Å². The van der Waals surface area contributed by atoms with Gasteiger partial charge in [-0.1, -0.05) is 54.6 Å². The highest BCUT2D eigenvalue weighted by Crippen LogP contribution is 2.42. The molecule has 0 aliphatic carbocycles. The molecule has 1 saturated heterocycles. The van der Waals surface area contributed by atoms with Crippen molar-refractivity contribution in [3.05, 3.63) is 101 Å². The Balaban J connectivity index is 1.93. The topological polar surface area (TPSA) is 60.9 Å². The molecule has 3 aromatic rings. The second kappa shape index (κ2) is 8.11. The molecule has 1 heterocycles. The number of carbonyl (C=O) groups is 2. The molecule has 0 bridgehead atoms. The fourth-order valence-electron chi connectivity index (χ4n) is 3.90. The Kier molecular flexibility index (Phi) is 5.34. The number of nitrogens with zero attached hydrogens (tertiary/aromatic N) is 2. The van der Waals surface area contributed by atoms with E-state index in [1.807, 2.05) is 80.5 Å². The Hall–Kier alpha value is -3.86. The van der Waals surface area contributed by atoms with Crippen LogP contribution in [-0.4, -0.2) is 30.9 Å². The molecule has 1 amide bonds. The molecule has 5 nitrogen and oxygen atoms in total. The highest BCUT2D eigenvalue weighted by molar-refractivity contribution is 6.51. The van der Waals surface area contributed by atoms with Crippen molar-refractivity contribution in [3.63, 3.8) is 0 Å². The molecular weight excluding hydrogens is 388 g/mol. The third kappa shape index (κ3) is 3.70. The van der Waals surface area contributed by atoms with Crippen LogP contribution in [0, 0.1) is 6.92 Å². The number of ketones is 1. The number of aliphatic hydroxyl groups is 1. The molecule has 31 heavy (non-hydrogen) atoms. The molecule has 0 aromatic heterocycles. The van der Waals surface area contributed by atoms with Gasteiger partial charge >= 0.3 is 0 Å². The summed E-state index contributed by atoms with van der Waals surface area (Å²) in [4.78, 5) is 29.7. The summed E-state index contributed by atoms with van der Waals surface area (Å²) in [5, 5.41) is 11.1. The minimum Gasteiger partial charge on any atom is -0.507 e. The van der Waals surface area contributed by atoms with Gasteiger partial charge in [-0.05, 0) is 42.3 Å². The fraction of sp³-hybridized carbons (Fsp3) is 0.154. The number of aliphatic hydroxyl groups excluding tert-OH is 1. The first-order valence-electron chi connectivity index (χ1n) is 10.1. The molecule has 1 N–H and O–H groups in total. The lowest BCUT2D eigenvalue weighted by Gasteiger charge is -2.26. The number of rotatable bonds is 4. The number of hydrogen-bond acceptors (Lipinski definition) is 4. The average molecular weight is 412 g/mol. The van der Waals surface area contributed by atoms with Crippen molar-refractivity contribution >= 4 is 28.8 Å². The standard InChI is InChI=1S/C26H24N2O3/c1-17-8-7-11-21(16-17)28-23(18-12-14-20(15-13-18)27(2)3)22(25(30)26(28)31)24(29)19-9-5-4-6-10-19/h4-16,23,29H,1-3H3/t23-/m1/s1. The third-order valence-electron chi connectivity index (χ3n) is 5.50. The van der Waals surface area contributed by atoms with Gasteiger partial charge in [-0.2, -0.15) is 0 Å². The minimum atomic E-state index is -0.724. The van der Waals surface area contributed by atoms with Crippen LogP contribution in [0.2, 0.25) is 0 Å². The number of anilines is 2. The van der Waals surface area contributed by atoms with E-state index in [0.29, 0.717) is 11.3 Å². The number of amides is 1. The Morgan fingerprint density at radius 1 is 0.903 bits per heavy atom. The lowest BCUT2D eigenvalue weighted by Crippen LogP contribution is -2.29. The molecule has 1 aliphatic heterocycles. The van der Waals surface area contributed by atoms with Crippen LogP contribution in [0.25, 0.3) is 5.76 Å². The quantitative estimate of drug-likeness (QED) is 0.384. The van der Waals surface area contributed by atoms with E-state index in [2.05, 4.69) is 0 Å². The summed E-state index contributed by atoms with van der Waals surface area (Å²) in [6.45, 7) is 1.94. The van der Waals surface area contributed by atoms with Gasteiger partial charge in [0.25, 0.3) is 11.7 Å². The fourth-order valence-corrected chi connectivity index (χ4v) is 3.90. The molecule has 0 spiro atoms. The highest BCUT2D eigenvalue weighted by atomic mass is 16.3. The van der Waals surface area contributed by atoms with Crippen molar-refractivity contribution in [2.45, 2.75) is 13.0 Å². The predicted molar refractivity (Wildman–Crippen MR) is 123 cm³/mol. The first-order valence-corrected chi connectivity index (χ1v) is 10.1. The van der Waals surface area contributed by atoms with Crippen LogP contribution < -0.4 is 9.80 Å². The summed E-state index contributed by atoms with van der Waals surface area (Å²) in [5.41, 5.74) is 3.94. The summed E-state index contributed by atoms with van der Waals surface area (Å²) in [7, 11) is 3.90. The third-order valence-corrected chi connectivity index (χ3v) is 5.50. The smallest absolute Gasteiger partial charge is 0.300 e.